The van der Waals surface area contributed by atoms with E-state index in [1.165, 1.54) is 24.1 Å². The number of likely N-dealkylation sites (tertiary alicyclic amines) is 1. The first kappa shape index (κ1) is 14.5. The van der Waals surface area contributed by atoms with E-state index in [0.717, 1.165) is 25.0 Å². The summed E-state index contributed by atoms with van der Waals surface area (Å²) in [5.74, 6) is 0.843. The van der Waals surface area contributed by atoms with Gasteiger partial charge < -0.3 is 5.32 Å². The first-order valence-corrected chi connectivity index (χ1v) is 7.64. The van der Waals surface area contributed by atoms with Crippen LogP contribution in [0, 0.1) is 12.8 Å². The largest absolute Gasteiger partial charge is 0.309 e. The van der Waals surface area contributed by atoms with Crippen molar-refractivity contribution in [1.82, 2.24) is 10.2 Å². The van der Waals surface area contributed by atoms with Crippen LogP contribution in [0.4, 0.5) is 0 Å². The molecule has 1 saturated heterocycles. The summed E-state index contributed by atoms with van der Waals surface area (Å²) in [6.07, 6.45) is 1.34. The molecule has 0 aliphatic carbocycles. The van der Waals surface area contributed by atoms with E-state index in [0.29, 0.717) is 6.04 Å². The van der Waals surface area contributed by atoms with E-state index >= 15 is 0 Å². The van der Waals surface area contributed by atoms with Crippen LogP contribution in [-0.4, -0.2) is 30.6 Å². The molecule has 1 fully saturated rings. The molecule has 1 N–H and O–H groups in total. The topological polar surface area (TPSA) is 15.3 Å². The predicted octanol–water partition coefficient (Wildman–Crippen LogP) is 3.38. The SMILES string of the molecule is CCNC(CN1CC(C)CC1C)c1ccc(C)cc1. The molecule has 0 amide bonds. The normalized spacial score (nSPS) is 25.7. The minimum absolute atomic E-state index is 0.457. The minimum atomic E-state index is 0.457. The molecule has 1 heterocycles. The highest BCUT2D eigenvalue weighted by molar-refractivity contribution is 5.24. The Kier molecular flexibility index (Phi) is 5.00. The van der Waals surface area contributed by atoms with Gasteiger partial charge in [-0.1, -0.05) is 43.7 Å². The van der Waals surface area contributed by atoms with Gasteiger partial charge in [0.25, 0.3) is 0 Å². The van der Waals surface area contributed by atoms with Crippen LogP contribution >= 0.6 is 0 Å². The molecule has 0 spiro atoms. The Morgan fingerprint density at radius 3 is 2.47 bits per heavy atom. The van der Waals surface area contributed by atoms with Gasteiger partial charge in [-0.15, -0.1) is 0 Å². The fourth-order valence-electron chi connectivity index (χ4n) is 3.21. The summed E-state index contributed by atoms with van der Waals surface area (Å²) in [5, 5.41) is 3.64. The molecule has 0 saturated carbocycles. The zero-order chi connectivity index (χ0) is 13.8. The third kappa shape index (κ3) is 3.80. The van der Waals surface area contributed by atoms with E-state index in [-0.39, 0.29) is 0 Å². The highest BCUT2D eigenvalue weighted by atomic mass is 15.2. The number of aryl methyl sites for hydroxylation is 1. The van der Waals surface area contributed by atoms with Crippen molar-refractivity contribution in [2.75, 3.05) is 19.6 Å². The Labute approximate surface area is 118 Å². The summed E-state index contributed by atoms with van der Waals surface area (Å²) in [5.41, 5.74) is 2.75. The van der Waals surface area contributed by atoms with Crippen LogP contribution in [0.3, 0.4) is 0 Å². The lowest BCUT2D eigenvalue weighted by Crippen LogP contribution is -2.37. The van der Waals surface area contributed by atoms with Crippen LogP contribution in [0.25, 0.3) is 0 Å². The first-order valence-electron chi connectivity index (χ1n) is 7.64. The molecule has 106 valence electrons. The molecule has 2 rings (SSSR count). The highest BCUT2D eigenvalue weighted by Crippen LogP contribution is 2.25. The molecule has 2 nitrogen and oxygen atoms in total. The smallest absolute Gasteiger partial charge is 0.0449 e. The lowest BCUT2D eigenvalue weighted by molar-refractivity contribution is 0.235. The van der Waals surface area contributed by atoms with E-state index in [1.54, 1.807) is 0 Å². The summed E-state index contributed by atoms with van der Waals surface area (Å²) in [6, 6.07) is 10.2. The molecule has 0 radical (unpaired) electrons. The van der Waals surface area contributed by atoms with E-state index in [4.69, 9.17) is 0 Å². The molecule has 1 aromatic rings. The number of nitrogens with one attached hydrogen (secondary N) is 1. The fourth-order valence-corrected chi connectivity index (χ4v) is 3.21. The van der Waals surface area contributed by atoms with Crippen molar-refractivity contribution < 1.29 is 0 Å². The minimum Gasteiger partial charge on any atom is -0.309 e. The van der Waals surface area contributed by atoms with Gasteiger partial charge >= 0.3 is 0 Å². The van der Waals surface area contributed by atoms with Crippen molar-refractivity contribution in [3.8, 4) is 0 Å². The standard InChI is InChI=1S/C17H28N2/c1-5-18-17(16-8-6-13(2)7-9-16)12-19-11-14(3)10-15(19)4/h6-9,14-15,17-18H,5,10-12H2,1-4H3. The average Bonchev–Trinajstić information content (AvgIpc) is 2.68. The summed E-state index contributed by atoms with van der Waals surface area (Å²) in [7, 11) is 0. The number of benzene rings is 1. The Balaban J connectivity index is 2.05. The second-order valence-electron chi connectivity index (χ2n) is 6.16. The zero-order valence-electron chi connectivity index (χ0n) is 12.8. The van der Waals surface area contributed by atoms with Crippen molar-refractivity contribution in [2.45, 2.75) is 46.2 Å². The van der Waals surface area contributed by atoms with Gasteiger partial charge in [0.15, 0.2) is 0 Å². The lowest BCUT2D eigenvalue weighted by atomic mass is 10.0. The van der Waals surface area contributed by atoms with Gasteiger partial charge in [0, 0.05) is 25.2 Å². The molecule has 2 heteroatoms. The third-order valence-corrected chi connectivity index (χ3v) is 4.26. The van der Waals surface area contributed by atoms with Crippen LogP contribution < -0.4 is 5.32 Å². The maximum Gasteiger partial charge on any atom is 0.0449 e. The molecule has 3 unspecified atom stereocenters. The fraction of sp³-hybridized carbons (Fsp3) is 0.647. The van der Waals surface area contributed by atoms with Crippen molar-refractivity contribution in [2.24, 2.45) is 5.92 Å². The average molecular weight is 260 g/mol. The van der Waals surface area contributed by atoms with Crippen LogP contribution in [-0.2, 0) is 0 Å². The maximum atomic E-state index is 3.64. The maximum absolute atomic E-state index is 3.64. The molecule has 1 aliphatic rings. The zero-order valence-corrected chi connectivity index (χ0v) is 12.8. The van der Waals surface area contributed by atoms with Gasteiger partial charge in [-0.25, -0.2) is 0 Å². The number of rotatable bonds is 5. The number of hydrogen-bond acceptors (Lipinski definition) is 2. The van der Waals surface area contributed by atoms with Gasteiger partial charge in [-0.2, -0.15) is 0 Å². The molecule has 3 atom stereocenters. The van der Waals surface area contributed by atoms with Crippen LogP contribution in [0.1, 0.15) is 44.4 Å². The van der Waals surface area contributed by atoms with E-state index in [9.17, 15) is 0 Å². The molecule has 19 heavy (non-hydrogen) atoms. The highest BCUT2D eigenvalue weighted by Gasteiger charge is 2.28. The van der Waals surface area contributed by atoms with Gasteiger partial charge in [0.05, 0.1) is 0 Å². The molecule has 1 aromatic carbocycles. The monoisotopic (exact) mass is 260 g/mol. The summed E-state index contributed by atoms with van der Waals surface area (Å²) in [4.78, 5) is 2.64. The van der Waals surface area contributed by atoms with Gasteiger partial charge in [-0.05, 0) is 38.3 Å². The van der Waals surface area contributed by atoms with E-state index in [1.807, 2.05) is 0 Å². The summed E-state index contributed by atoms with van der Waals surface area (Å²) >= 11 is 0. The number of hydrogen-bond donors (Lipinski definition) is 1. The Hall–Kier alpha value is -0.860. The molecular weight excluding hydrogens is 232 g/mol. The van der Waals surface area contributed by atoms with Gasteiger partial charge in [0.1, 0.15) is 0 Å². The number of likely N-dealkylation sites (N-methyl/N-ethyl adjacent to an activating group) is 1. The quantitative estimate of drug-likeness (QED) is 0.873. The molecule has 1 aliphatic heterocycles. The molecular formula is C17H28N2. The second kappa shape index (κ2) is 6.53. The van der Waals surface area contributed by atoms with Crippen molar-refractivity contribution in [3.63, 3.8) is 0 Å². The first-order chi connectivity index (χ1) is 9.10. The van der Waals surface area contributed by atoms with E-state index < -0.39 is 0 Å². The van der Waals surface area contributed by atoms with Crippen molar-refractivity contribution >= 4 is 0 Å². The summed E-state index contributed by atoms with van der Waals surface area (Å²) in [6.45, 7) is 12.5. The van der Waals surface area contributed by atoms with E-state index in [2.05, 4.69) is 62.2 Å². The van der Waals surface area contributed by atoms with Gasteiger partial charge in [0.2, 0.25) is 0 Å². The Bertz CT molecular complexity index is 385. The molecule has 0 aromatic heterocycles. The third-order valence-electron chi connectivity index (χ3n) is 4.26. The van der Waals surface area contributed by atoms with Crippen LogP contribution in [0.5, 0.6) is 0 Å². The van der Waals surface area contributed by atoms with Crippen molar-refractivity contribution in [1.29, 1.82) is 0 Å². The van der Waals surface area contributed by atoms with Crippen molar-refractivity contribution in [3.05, 3.63) is 35.4 Å². The predicted molar refractivity (Wildman–Crippen MR) is 82.4 cm³/mol. The second-order valence-corrected chi connectivity index (χ2v) is 6.16. The Morgan fingerprint density at radius 2 is 1.95 bits per heavy atom. The van der Waals surface area contributed by atoms with Gasteiger partial charge in [-0.3, -0.25) is 4.90 Å². The molecule has 0 bridgehead atoms. The Morgan fingerprint density at radius 1 is 1.26 bits per heavy atom. The van der Waals surface area contributed by atoms with Crippen LogP contribution in [0.15, 0.2) is 24.3 Å². The lowest BCUT2D eigenvalue weighted by Gasteiger charge is -2.28. The van der Waals surface area contributed by atoms with Crippen LogP contribution in [0.2, 0.25) is 0 Å². The number of nitrogens with zero attached hydrogens (tertiary/aromatic N) is 1. The summed E-state index contributed by atoms with van der Waals surface area (Å²) < 4.78 is 0.